The van der Waals surface area contributed by atoms with Crippen molar-refractivity contribution in [2.75, 3.05) is 21.3 Å². The molecule has 1 aliphatic carbocycles. The summed E-state index contributed by atoms with van der Waals surface area (Å²) in [5.74, 6) is 1.83. The second-order valence-electron chi connectivity index (χ2n) is 6.74. The average Bonchev–Trinajstić information content (AvgIpc) is 2.71. The van der Waals surface area contributed by atoms with Crippen LogP contribution in [0.2, 0.25) is 0 Å². The van der Waals surface area contributed by atoms with Gasteiger partial charge in [0.1, 0.15) is 0 Å². The van der Waals surface area contributed by atoms with E-state index in [4.69, 9.17) is 14.2 Å². The summed E-state index contributed by atoms with van der Waals surface area (Å²) in [6, 6.07) is 12.3. The maximum Gasteiger partial charge on any atom is 0.220 e. The smallest absolute Gasteiger partial charge is 0.220 e. The number of rotatable bonds is 7. The quantitative estimate of drug-likeness (QED) is 0.806. The van der Waals surface area contributed by atoms with Crippen molar-refractivity contribution in [1.29, 1.82) is 0 Å². The third-order valence-electron chi connectivity index (χ3n) is 5.07. The molecular weight excluding hydrogens is 342 g/mol. The fourth-order valence-corrected chi connectivity index (χ4v) is 3.71. The van der Waals surface area contributed by atoms with Crippen LogP contribution in [0.25, 0.3) is 0 Å². The van der Waals surface area contributed by atoms with Crippen LogP contribution in [0.5, 0.6) is 17.2 Å². The molecule has 0 fully saturated rings. The molecule has 3 rings (SSSR count). The Labute approximate surface area is 160 Å². The Morgan fingerprint density at radius 3 is 2.44 bits per heavy atom. The number of benzene rings is 2. The monoisotopic (exact) mass is 369 g/mol. The molecular formula is C22H27NO4. The highest BCUT2D eigenvalue weighted by Gasteiger charge is 2.21. The van der Waals surface area contributed by atoms with E-state index in [1.54, 1.807) is 21.3 Å². The summed E-state index contributed by atoms with van der Waals surface area (Å²) in [7, 11) is 4.76. The van der Waals surface area contributed by atoms with E-state index in [1.807, 2.05) is 18.2 Å². The minimum atomic E-state index is 0.0606. The number of carbonyl (C=O) groups excluding carboxylic acids is 1. The van der Waals surface area contributed by atoms with Crippen molar-refractivity contribution < 1.29 is 19.0 Å². The van der Waals surface area contributed by atoms with Gasteiger partial charge in [-0.25, -0.2) is 0 Å². The summed E-state index contributed by atoms with van der Waals surface area (Å²) in [4.78, 5) is 12.5. The molecule has 1 N–H and O–H groups in total. The predicted octanol–water partition coefficient (Wildman–Crippen LogP) is 3.84. The first-order valence-corrected chi connectivity index (χ1v) is 9.32. The minimum Gasteiger partial charge on any atom is -0.493 e. The summed E-state index contributed by atoms with van der Waals surface area (Å²) >= 11 is 0. The molecule has 0 saturated carbocycles. The van der Waals surface area contributed by atoms with E-state index in [0.29, 0.717) is 30.1 Å². The maximum atomic E-state index is 12.5. The van der Waals surface area contributed by atoms with Gasteiger partial charge in [0.25, 0.3) is 0 Å². The number of aryl methyl sites for hydroxylation is 2. The lowest BCUT2D eigenvalue weighted by Gasteiger charge is -2.26. The van der Waals surface area contributed by atoms with Gasteiger partial charge in [0.15, 0.2) is 11.5 Å². The molecule has 2 aromatic rings. The molecule has 27 heavy (non-hydrogen) atoms. The van der Waals surface area contributed by atoms with Crippen molar-refractivity contribution in [3.63, 3.8) is 0 Å². The Morgan fingerprint density at radius 1 is 1.07 bits per heavy atom. The van der Waals surface area contributed by atoms with Crippen LogP contribution in [-0.2, 0) is 17.6 Å². The van der Waals surface area contributed by atoms with Crippen molar-refractivity contribution in [3.05, 3.63) is 53.1 Å². The summed E-state index contributed by atoms with van der Waals surface area (Å²) in [5, 5.41) is 3.20. The van der Waals surface area contributed by atoms with Gasteiger partial charge in [-0.05, 0) is 54.5 Å². The number of carbonyl (C=O) groups is 1. The molecule has 1 amide bonds. The number of hydrogen-bond acceptors (Lipinski definition) is 4. The second kappa shape index (κ2) is 8.80. The molecule has 2 aromatic carbocycles. The largest absolute Gasteiger partial charge is 0.493 e. The van der Waals surface area contributed by atoms with Crippen molar-refractivity contribution in [2.24, 2.45) is 0 Å². The van der Waals surface area contributed by atoms with E-state index < -0.39 is 0 Å². The first-order chi connectivity index (χ1) is 13.2. The van der Waals surface area contributed by atoms with Crippen LogP contribution >= 0.6 is 0 Å². The number of amides is 1. The SMILES string of the molecule is COc1cc(CCC(=O)N[C@@H]2CCCc3ccccc32)cc(OC)c1OC. The summed E-state index contributed by atoms with van der Waals surface area (Å²) in [6.07, 6.45) is 4.21. The standard InChI is InChI=1S/C22H27NO4/c1-25-19-13-15(14-20(26-2)22(19)27-3)11-12-21(24)23-18-10-6-8-16-7-4-5-9-17(16)18/h4-5,7,9,13-14,18H,6,8,10-12H2,1-3H3,(H,23,24)/t18-/m1/s1. The molecule has 0 heterocycles. The van der Waals surface area contributed by atoms with Crippen molar-refractivity contribution in [3.8, 4) is 17.2 Å². The van der Waals surface area contributed by atoms with Crippen LogP contribution in [0.15, 0.2) is 36.4 Å². The van der Waals surface area contributed by atoms with E-state index >= 15 is 0 Å². The number of nitrogens with one attached hydrogen (secondary N) is 1. The molecule has 0 saturated heterocycles. The van der Waals surface area contributed by atoms with Gasteiger partial charge in [-0.15, -0.1) is 0 Å². The van der Waals surface area contributed by atoms with Gasteiger partial charge in [0, 0.05) is 6.42 Å². The van der Waals surface area contributed by atoms with E-state index in [-0.39, 0.29) is 11.9 Å². The topological polar surface area (TPSA) is 56.8 Å². The van der Waals surface area contributed by atoms with Crippen LogP contribution in [0.1, 0.15) is 42.0 Å². The lowest BCUT2D eigenvalue weighted by atomic mass is 9.87. The van der Waals surface area contributed by atoms with E-state index in [9.17, 15) is 4.79 Å². The molecule has 5 nitrogen and oxygen atoms in total. The second-order valence-corrected chi connectivity index (χ2v) is 6.74. The number of ether oxygens (including phenoxy) is 3. The fourth-order valence-electron chi connectivity index (χ4n) is 3.71. The molecule has 0 spiro atoms. The minimum absolute atomic E-state index is 0.0606. The Balaban J connectivity index is 1.65. The number of fused-ring (bicyclic) bond motifs is 1. The molecule has 0 unspecified atom stereocenters. The third kappa shape index (κ3) is 4.35. The van der Waals surface area contributed by atoms with E-state index in [1.165, 1.54) is 11.1 Å². The highest BCUT2D eigenvalue weighted by atomic mass is 16.5. The van der Waals surface area contributed by atoms with E-state index in [2.05, 4.69) is 23.5 Å². The van der Waals surface area contributed by atoms with Crippen molar-refractivity contribution in [1.82, 2.24) is 5.32 Å². The Hall–Kier alpha value is -2.69. The van der Waals surface area contributed by atoms with Gasteiger partial charge in [-0.3, -0.25) is 4.79 Å². The third-order valence-corrected chi connectivity index (χ3v) is 5.07. The van der Waals surface area contributed by atoms with Crippen molar-refractivity contribution >= 4 is 5.91 Å². The van der Waals surface area contributed by atoms with Crippen LogP contribution in [0.4, 0.5) is 0 Å². The van der Waals surface area contributed by atoms with Crippen LogP contribution < -0.4 is 19.5 Å². The van der Waals surface area contributed by atoms with Crippen molar-refractivity contribution in [2.45, 2.75) is 38.1 Å². The Bertz CT molecular complexity index is 778. The lowest BCUT2D eigenvalue weighted by Crippen LogP contribution is -2.31. The van der Waals surface area contributed by atoms with Gasteiger partial charge in [-0.1, -0.05) is 24.3 Å². The van der Waals surface area contributed by atoms with E-state index in [0.717, 1.165) is 24.8 Å². The number of methoxy groups -OCH3 is 3. The average molecular weight is 369 g/mol. The summed E-state index contributed by atoms with van der Waals surface area (Å²) in [5.41, 5.74) is 3.58. The fraction of sp³-hybridized carbons (Fsp3) is 0.409. The molecule has 1 aliphatic rings. The lowest BCUT2D eigenvalue weighted by molar-refractivity contribution is -0.121. The highest BCUT2D eigenvalue weighted by Crippen LogP contribution is 2.38. The van der Waals surface area contributed by atoms with Crippen LogP contribution in [0, 0.1) is 0 Å². The first-order valence-electron chi connectivity index (χ1n) is 9.32. The highest BCUT2D eigenvalue weighted by molar-refractivity contribution is 5.77. The zero-order chi connectivity index (χ0) is 19.2. The van der Waals surface area contributed by atoms with Gasteiger partial charge in [0.2, 0.25) is 11.7 Å². The predicted molar refractivity (Wildman–Crippen MR) is 105 cm³/mol. The number of hydrogen-bond donors (Lipinski definition) is 1. The van der Waals surface area contributed by atoms with Gasteiger partial charge >= 0.3 is 0 Å². The van der Waals surface area contributed by atoms with Crippen LogP contribution in [-0.4, -0.2) is 27.2 Å². The Kier molecular flexibility index (Phi) is 6.22. The molecule has 0 aromatic heterocycles. The normalized spacial score (nSPS) is 15.6. The molecule has 0 bridgehead atoms. The van der Waals surface area contributed by atoms with Gasteiger partial charge in [0.05, 0.1) is 27.4 Å². The maximum absolute atomic E-state index is 12.5. The van der Waals surface area contributed by atoms with Gasteiger partial charge in [-0.2, -0.15) is 0 Å². The molecule has 0 radical (unpaired) electrons. The molecule has 0 aliphatic heterocycles. The molecule has 1 atom stereocenters. The summed E-state index contributed by atoms with van der Waals surface area (Å²) in [6.45, 7) is 0. The zero-order valence-electron chi connectivity index (χ0n) is 16.2. The van der Waals surface area contributed by atoms with Gasteiger partial charge < -0.3 is 19.5 Å². The van der Waals surface area contributed by atoms with Crippen LogP contribution in [0.3, 0.4) is 0 Å². The summed E-state index contributed by atoms with van der Waals surface area (Å²) < 4.78 is 16.1. The molecule has 144 valence electrons. The molecule has 5 heteroatoms. The first kappa shape index (κ1) is 19.1. The zero-order valence-corrected chi connectivity index (χ0v) is 16.2. The Morgan fingerprint density at radius 2 is 1.78 bits per heavy atom.